The highest BCUT2D eigenvalue weighted by Gasteiger charge is 2.21. The Kier molecular flexibility index (Phi) is 4.57. The molecule has 1 N–H and O–H groups in total. The van der Waals surface area contributed by atoms with Crippen molar-refractivity contribution >= 4 is 15.9 Å². The fourth-order valence-electron chi connectivity index (χ4n) is 2.75. The molecule has 0 spiro atoms. The van der Waals surface area contributed by atoms with Gasteiger partial charge >= 0.3 is 0 Å². The minimum Gasteiger partial charge on any atom is -0.317 e. The predicted octanol–water partition coefficient (Wildman–Crippen LogP) is 3.91. The third-order valence-corrected chi connectivity index (χ3v) is 4.48. The summed E-state index contributed by atoms with van der Waals surface area (Å²) in [5, 5.41) is 3.36. The zero-order valence-electron chi connectivity index (χ0n) is 10.2. The summed E-state index contributed by atoms with van der Waals surface area (Å²) in [6, 6.07) is 5.61. The number of benzene rings is 1. The number of rotatable bonds is 3. The van der Waals surface area contributed by atoms with E-state index in [2.05, 4.69) is 21.2 Å². The van der Waals surface area contributed by atoms with Gasteiger partial charge in [0.05, 0.1) is 0 Å². The van der Waals surface area contributed by atoms with Crippen LogP contribution in [-0.2, 0) is 6.42 Å². The first-order valence-electron chi connectivity index (χ1n) is 6.30. The minimum absolute atomic E-state index is 0.135. The van der Waals surface area contributed by atoms with E-state index < -0.39 is 0 Å². The molecule has 2 rings (SSSR count). The lowest BCUT2D eigenvalue weighted by Crippen LogP contribution is -2.32. The molecule has 1 saturated carbocycles. The number of hydrogen-bond donors (Lipinski definition) is 1. The Morgan fingerprint density at radius 3 is 3.00 bits per heavy atom. The van der Waals surface area contributed by atoms with E-state index in [1.54, 1.807) is 6.07 Å². The van der Waals surface area contributed by atoms with Crippen molar-refractivity contribution in [2.24, 2.45) is 5.92 Å². The van der Waals surface area contributed by atoms with Gasteiger partial charge < -0.3 is 5.32 Å². The van der Waals surface area contributed by atoms with E-state index in [1.807, 2.05) is 13.1 Å². The maximum atomic E-state index is 13.2. The lowest BCUT2D eigenvalue weighted by Gasteiger charge is -2.29. The average Bonchev–Trinajstić information content (AvgIpc) is 2.34. The first kappa shape index (κ1) is 13.0. The summed E-state index contributed by atoms with van der Waals surface area (Å²) in [5.74, 6) is 0.545. The molecule has 1 aromatic carbocycles. The van der Waals surface area contributed by atoms with E-state index in [0.717, 1.165) is 16.5 Å². The smallest absolute Gasteiger partial charge is 0.123 e. The van der Waals surface area contributed by atoms with Crippen LogP contribution in [0, 0.1) is 11.7 Å². The van der Waals surface area contributed by atoms with Crippen LogP contribution in [0.1, 0.15) is 31.2 Å². The van der Waals surface area contributed by atoms with Crippen LogP contribution >= 0.6 is 15.9 Å². The molecule has 0 bridgehead atoms. The molecule has 1 aromatic rings. The Balaban J connectivity index is 2.02. The molecular formula is C14H19BrFN. The summed E-state index contributed by atoms with van der Waals surface area (Å²) in [6.07, 6.45) is 6.01. The molecule has 1 nitrogen and oxygen atoms in total. The predicted molar refractivity (Wildman–Crippen MR) is 72.6 cm³/mol. The van der Waals surface area contributed by atoms with Gasteiger partial charge in [0.25, 0.3) is 0 Å². The highest BCUT2D eigenvalue weighted by Crippen LogP contribution is 2.29. The van der Waals surface area contributed by atoms with Crippen LogP contribution in [0.15, 0.2) is 22.7 Å². The molecule has 0 saturated heterocycles. The molecule has 0 radical (unpaired) electrons. The molecule has 3 heteroatoms. The molecule has 0 aromatic heterocycles. The van der Waals surface area contributed by atoms with Crippen molar-refractivity contribution in [2.75, 3.05) is 7.05 Å². The van der Waals surface area contributed by atoms with Gasteiger partial charge in [-0.15, -0.1) is 0 Å². The molecule has 1 fully saturated rings. The van der Waals surface area contributed by atoms with Crippen LogP contribution in [0.3, 0.4) is 0 Å². The molecule has 17 heavy (non-hydrogen) atoms. The highest BCUT2D eigenvalue weighted by atomic mass is 79.9. The average molecular weight is 300 g/mol. The van der Waals surface area contributed by atoms with E-state index in [4.69, 9.17) is 0 Å². The molecule has 0 heterocycles. The van der Waals surface area contributed by atoms with Crippen molar-refractivity contribution in [1.82, 2.24) is 5.32 Å². The second kappa shape index (κ2) is 5.96. The topological polar surface area (TPSA) is 12.0 Å². The first-order chi connectivity index (χ1) is 8.19. The maximum absolute atomic E-state index is 13.2. The van der Waals surface area contributed by atoms with Gasteiger partial charge in [-0.25, -0.2) is 4.39 Å². The second-order valence-corrected chi connectivity index (χ2v) is 5.81. The number of hydrogen-bond acceptors (Lipinski definition) is 1. The van der Waals surface area contributed by atoms with Gasteiger partial charge in [0.2, 0.25) is 0 Å². The fourth-order valence-corrected chi connectivity index (χ4v) is 3.16. The highest BCUT2D eigenvalue weighted by molar-refractivity contribution is 9.10. The van der Waals surface area contributed by atoms with E-state index >= 15 is 0 Å². The molecule has 1 aliphatic carbocycles. The minimum atomic E-state index is -0.135. The molecule has 0 aliphatic heterocycles. The lowest BCUT2D eigenvalue weighted by molar-refractivity contribution is 0.294. The van der Waals surface area contributed by atoms with Crippen LogP contribution in [0.25, 0.3) is 0 Å². The van der Waals surface area contributed by atoms with Crippen molar-refractivity contribution in [3.63, 3.8) is 0 Å². The largest absolute Gasteiger partial charge is 0.317 e. The van der Waals surface area contributed by atoms with Gasteiger partial charge in [-0.2, -0.15) is 0 Å². The van der Waals surface area contributed by atoms with E-state index in [0.29, 0.717) is 12.0 Å². The lowest BCUT2D eigenvalue weighted by atomic mass is 9.82. The molecule has 2 unspecified atom stereocenters. The van der Waals surface area contributed by atoms with Crippen LogP contribution in [0.5, 0.6) is 0 Å². The van der Waals surface area contributed by atoms with Crippen molar-refractivity contribution in [2.45, 2.75) is 38.1 Å². The van der Waals surface area contributed by atoms with Crippen molar-refractivity contribution in [3.8, 4) is 0 Å². The third-order valence-electron chi connectivity index (χ3n) is 3.71. The van der Waals surface area contributed by atoms with Gasteiger partial charge in [-0.3, -0.25) is 0 Å². The third kappa shape index (κ3) is 3.52. The van der Waals surface area contributed by atoms with Crippen molar-refractivity contribution < 1.29 is 4.39 Å². The Morgan fingerprint density at radius 2 is 2.24 bits per heavy atom. The molecule has 0 amide bonds. The summed E-state index contributed by atoms with van der Waals surface area (Å²) >= 11 is 3.51. The standard InChI is InChI=1S/C14H19BrFN/c1-17-13-4-2-3-10(8-13)7-11-9-12(16)5-6-14(11)15/h5-6,9-10,13,17H,2-4,7-8H2,1H3. The van der Waals surface area contributed by atoms with Gasteiger partial charge in [-0.05, 0) is 56.0 Å². The monoisotopic (exact) mass is 299 g/mol. The van der Waals surface area contributed by atoms with Crippen LogP contribution in [-0.4, -0.2) is 13.1 Å². The normalized spacial score (nSPS) is 24.9. The van der Waals surface area contributed by atoms with E-state index in [1.165, 1.54) is 31.7 Å². The fraction of sp³-hybridized carbons (Fsp3) is 0.571. The second-order valence-electron chi connectivity index (χ2n) is 4.96. The van der Waals surface area contributed by atoms with Crippen LogP contribution < -0.4 is 5.32 Å². The van der Waals surface area contributed by atoms with Gasteiger partial charge in [0.1, 0.15) is 5.82 Å². The summed E-state index contributed by atoms with van der Waals surface area (Å²) in [7, 11) is 2.03. The zero-order chi connectivity index (χ0) is 12.3. The Labute approximate surface area is 111 Å². The SMILES string of the molecule is CNC1CCCC(Cc2cc(F)ccc2Br)C1. The Bertz CT molecular complexity index is 380. The van der Waals surface area contributed by atoms with E-state index in [9.17, 15) is 4.39 Å². The Morgan fingerprint density at radius 1 is 1.41 bits per heavy atom. The molecule has 1 aliphatic rings. The number of nitrogens with one attached hydrogen (secondary N) is 1. The summed E-state index contributed by atoms with van der Waals surface area (Å²) in [5.41, 5.74) is 1.10. The summed E-state index contributed by atoms with van der Waals surface area (Å²) in [4.78, 5) is 0. The van der Waals surface area contributed by atoms with Gasteiger partial charge in [0.15, 0.2) is 0 Å². The maximum Gasteiger partial charge on any atom is 0.123 e. The van der Waals surface area contributed by atoms with Crippen molar-refractivity contribution in [3.05, 3.63) is 34.1 Å². The van der Waals surface area contributed by atoms with Gasteiger partial charge in [0, 0.05) is 10.5 Å². The summed E-state index contributed by atoms with van der Waals surface area (Å²) < 4.78 is 14.2. The summed E-state index contributed by atoms with van der Waals surface area (Å²) in [6.45, 7) is 0. The van der Waals surface area contributed by atoms with E-state index in [-0.39, 0.29) is 5.82 Å². The number of halogens is 2. The van der Waals surface area contributed by atoms with Crippen LogP contribution in [0.4, 0.5) is 4.39 Å². The molecule has 94 valence electrons. The molecule has 2 atom stereocenters. The van der Waals surface area contributed by atoms with Crippen molar-refractivity contribution in [1.29, 1.82) is 0 Å². The molecular weight excluding hydrogens is 281 g/mol. The Hall–Kier alpha value is -0.410. The zero-order valence-corrected chi connectivity index (χ0v) is 11.8. The van der Waals surface area contributed by atoms with Gasteiger partial charge in [-0.1, -0.05) is 28.8 Å². The first-order valence-corrected chi connectivity index (χ1v) is 7.09. The quantitative estimate of drug-likeness (QED) is 0.892. The van der Waals surface area contributed by atoms with Crippen LogP contribution in [0.2, 0.25) is 0 Å².